The standard InChI is InChI=1S/C22H14BrClN2O/c23-15-4-3-5-17(12-15)25-22(27)19-13-21(14-8-10-16(24)11-9-14)26-20-7-2-1-6-18(19)20/h1-13H,(H,25,27). The second-order valence-electron chi connectivity index (χ2n) is 6.04. The molecule has 1 aromatic heterocycles. The van der Waals surface area contributed by atoms with Crippen LogP contribution < -0.4 is 5.32 Å². The van der Waals surface area contributed by atoms with E-state index in [4.69, 9.17) is 16.6 Å². The highest BCUT2D eigenvalue weighted by molar-refractivity contribution is 9.10. The van der Waals surface area contributed by atoms with Gasteiger partial charge in [-0.25, -0.2) is 4.98 Å². The summed E-state index contributed by atoms with van der Waals surface area (Å²) in [4.78, 5) is 17.7. The normalized spacial score (nSPS) is 10.7. The van der Waals surface area contributed by atoms with E-state index in [0.29, 0.717) is 10.6 Å². The molecule has 1 heterocycles. The number of fused-ring (bicyclic) bond motifs is 1. The molecule has 132 valence electrons. The smallest absolute Gasteiger partial charge is 0.256 e. The Morgan fingerprint density at radius 1 is 0.926 bits per heavy atom. The number of aromatic nitrogens is 1. The summed E-state index contributed by atoms with van der Waals surface area (Å²) < 4.78 is 0.904. The van der Waals surface area contributed by atoms with Gasteiger partial charge >= 0.3 is 0 Å². The van der Waals surface area contributed by atoms with Gasteiger partial charge in [0.15, 0.2) is 0 Å². The molecule has 0 saturated heterocycles. The predicted molar refractivity (Wildman–Crippen MR) is 114 cm³/mol. The van der Waals surface area contributed by atoms with E-state index >= 15 is 0 Å². The Morgan fingerprint density at radius 2 is 1.70 bits per heavy atom. The highest BCUT2D eigenvalue weighted by atomic mass is 79.9. The van der Waals surface area contributed by atoms with Crippen LogP contribution in [0, 0.1) is 0 Å². The Bertz CT molecular complexity index is 1140. The van der Waals surface area contributed by atoms with Gasteiger partial charge < -0.3 is 5.32 Å². The zero-order valence-corrected chi connectivity index (χ0v) is 16.5. The third-order valence-corrected chi connectivity index (χ3v) is 4.93. The SMILES string of the molecule is O=C(Nc1cccc(Br)c1)c1cc(-c2ccc(Cl)cc2)nc2ccccc12. The second kappa shape index (κ2) is 7.51. The molecule has 0 unspecified atom stereocenters. The number of pyridine rings is 1. The van der Waals surface area contributed by atoms with Crippen LogP contribution >= 0.6 is 27.5 Å². The number of hydrogen-bond donors (Lipinski definition) is 1. The third kappa shape index (κ3) is 3.87. The number of halogens is 2. The van der Waals surface area contributed by atoms with Crippen molar-refractivity contribution < 1.29 is 4.79 Å². The lowest BCUT2D eigenvalue weighted by atomic mass is 10.0. The number of para-hydroxylation sites is 1. The van der Waals surface area contributed by atoms with Crippen molar-refractivity contribution in [3.05, 3.63) is 93.9 Å². The number of nitrogens with zero attached hydrogens (tertiary/aromatic N) is 1. The minimum absolute atomic E-state index is 0.179. The molecule has 0 bridgehead atoms. The summed E-state index contributed by atoms with van der Waals surface area (Å²) in [5.41, 5.74) is 3.70. The molecule has 0 fully saturated rings. The summed E-state index contributed by atoms with van der Waals surface area (Å²) in [6, 6.07) is 24.4. The molecular weight excluding hydrogens is 424 g/mol. The number of nitrogens with one attached hydrogen (secondary N) is 1. The maximum absolute atomic E-state index is 13.0. The average Bonchev–Trinajstić information content (AvgIpc) is 2.67. The zero-order valence-electron chi connectivity index (χ0n) is 14.1. The van der Waals surface area contributed by atoms with Gasteiger partial charge in [0.05, 0.1) is 16.8 Å². The molecule has 0 saturated carbocycles. The molecule has 0 spiro atoms. The van der Waals surface area contributed by atoms with E-state index < -0.39 is 0 Å². The molecule has 0 aliphatic heterocycles. The van der Waals surface area contributed by atoms with E-state index in [9.17, 15) is 4.79 Å². The van der Waals surface area contributed by atoms with Crippen LogP contribution in [0.5, 0.6) is 0 Å². The van der Waals surface area contributed by atoms with Crippen molar-refractivity contribution in [3.8, 4) is 11.3 Å². The number of amides is 1. The topological polar surface area (TPSA) is 42.0 Å². The van der Waals surface area contributed by atoms with Gasteiger partial charge in [0, 0.05) is 26.1 Å². The number of hydrogen-bond acceptors (Lipinski definition) is 2. The first kappa shape index (κ1) is 17.7. The summed E-state index contributed by atoms with van der Waals surface area (Å²) in [5, 5.41) is 4.43. The zero-order chi connectivity index (χ0) is 18.8. The third-order valence-electron chi connectivity index (χ3n) is 4.18. The molecule has 4 aromatic rings. The minimum Gasteiger partial charge on any atom is -0.322 e. The van der Waals surface area contributed by atoms with Crippen LogP contribution in [0.1, 0.15) is 10.4 Å². The lowest BCUT2D eigenvalue weighted by molar-refractivity contribution is 0.102. The average molecular weight is 438 g/mol. The molecule has 4 rings (SSSR count). The molecule has 3 aromatic carbocycles. The van der Waals surface area contributed by atoms with E-state index in [2.05, 4.69) is 21.2 Å². The van der Waals surface area contributed by atoms with Crippen LogP contribution in [0.25, 0.3) is 22.2 Å². The second-order valence-corrected chi connectivity index (χ2v) is 7.40. The number of rotatable bonds is 3. The van der Waals surface area contributed by atoms with Crippen molar-refractivity contribution in [1.82, 2.24) is 4.98 Å². The lowest BCUT2D eigenvalue weighted by Crippen LogP contribution is -2.13. The van der Waals surface area contributed by atoms with E-state index in [1.54, 1.807) is 0 Å². The fourth-order valence-corrected chi connectivity index (χ4v) is 3.42. The minimum atomic E-state index is -0.179. The fourth-order valence-electron chi connectivity index (χ4n) is 2.90. The fraction of sp³-hybridized carbons (Fsp3) is 0. The Hall–Kier alpha value is -2.69. The summed E-state index contributed by atoms with van der Waals surface area (Å²) in [6.07, 6.45) is 0. The van der Waals surface area contributed by atoms with Crippen LogP contribution in [0.3, 0.4) is 0 Å². The van der Waals surface area contributed by atoms with Gasteiger partial charge in [-0.05, 0) is 42.5 Å². The van der Waals surface area contributed by atoms with E-state index in [1.165, 1.54) is 0 Å². The van der Waals surface area contributed by atoms with Crippen LogP contribution in [-0.4, -0.2) is 10.9 Å². The lowest BCUT2D eigenvalue weighted by Gasteiger charge is -2.11. The van der Waals surface area contributed by atoms with Crippen LogP contribution in [0.4, 0.5) is 5.69 Å². The van der Waals surface area contributed by atoms with Crippen molar-refractivity contribution in [2.24, 2.45) is 0 Å². The van der Waals surface area contributed by atoms with Crippen molar-refractivity contribution in [2.75, 3.05) is 5.32 Å². The monoisotopic (exact) mass is 436 g/mol. The van der Waals surface area contributed by atoms with Gasteiger partial charge in [-0.15, -0.1) is 0 Å². The van der Waals surface area contributed by atoms with Crippen molar-refractivity contribution in [2.45, 2.75) is 0 Å². The van der Waals surface area contributed by atoms with Crippen molar-refractivity contribution in [3.63, 3.8) is 0 Å². The van der Waals surface area contributed by atoms with Crippen molar-refractivity contribution >= 4 is 50.0 Å². The first-order valence-electron chi connectivity index (χ1n) is 8.33. The predicted octanol–water partition coefficient (Wildman–Crippen LogP) is 6.57. The number of carbonyl (C=O) groups excluding carboxylic acids is 1. The van der Waals surface area contributed by atoms with Crippen LogP contribution in [0.15, 0.2) is 83.3 Å². The molecule has 0 aliphatic rings. The maximum atomic E-state index is 13.0. The number of benzene rings is 3. The highest BCUT2D eigenvalue weighted by Gasteiger charge is 2.14. The summed E-state index contributed by atoms with van der Waals surface area (Å²) >= 11 is 9.41. The Morgan fingerprint density at radius 3 is 2.48 bits per heavy atom. The Balaban J connectivity index is 1.80. The molecular formula is C22H14BrClN2O. The van der Waals surface area contributed by atoms with Gasteiger partial charge in [0.1, 0.15) is 0 Å². The molecule has 0 radical (unpaired) electrons. The molecule has 3 nitrogen and oxygen atoms in total. The number of carbonyl (C=O) groups is 1. The van der Waals surface area contributed by atoms with E-state index in [0.717, 1.165) is 32.3 Å². The largest absolute Gasteiger partial charge is 0.322 e. The number of anilines is 1. The van der Waals surface area contributed by atoms with Gasteiger partial charge in [0.2, 0.25) is 0 Å². The van der Waals surface area contributed by atoms with E-state index in [1.807, 2.05) is 78.9 Å². The molecule has 0 atom stereocenters. The van der Waals surface area contributed by atoms with Gasteiger partial charge in [-0.1, -0.05) is 63.9 Å². The molecule has 1 N–H and O–H groups in total. The molecule has 5 heteroatoms. The Labute approximate surface area is 170 Å². The summed E-state index contributed by atoms with van der Waals surface area (Å²) in [5.74, 6) is -0.179. The van der Waals surface area contributed by atoms with E-state index in [-0.39, 0.29) is 5.91 Å². The summed E-state index contributed by atoms with van der Waals surface area (Å²) in [6.45, 7) is 0. The van der Waals surface area contributed by atoms with Gasteiger partial charge in [0.25, 0.3) is 5.91 Å². The first-order valence-corrected chi connectivity index (χ1v) is 9.50. The van der Waals surface area contributed by atoms with Crippen LogP contribution in [0.2, 0.25) is 5.02 Å². The Kier molecular flexibility index (Phi) is 4.92. The van der Waals surface area contributed by atoms with Crippen molar-refractivity contribution in [1.29, 1.82) is 0 Å². The molecule has 27 heavy (non-hydrogen) atoms. The first-order chi connectivity index (χ1) is 13.1. The molecule has 1 amide bonds. The maximum Gasteiger partial charge on any atom is 0.256 e. The van der Waals surface area contributed by atoms with Gasteiger partial charge in [-0.2, -0.15) is 0 Å². The van der Waals surface area contributed by atoms with Gasteiger partial charge in [-0.3, -0.25) is 4.79 Å². The molecule has 0 aliphatic carbocycles. The summed E-state index contributed by atoms with van der Waals surface area (Å²) in [7, 11) is 0. The van der Waals surface area contributed by atoms with Crippen LogP contribution in [-0.2, 0) is 0 Å². The highest BCUT2D eigenvalue weighted by Crippen LogP contribution is 2.27. The quantitative estimate of drug-likeness (QED) is 0.394.